The van der Waals surface area contributed by atoms with Crippen LogP contribution in [0.3, 0.4) is 0 Å². The number of ether oxygens (including phenoxy) is 7. The normalized spacial score (nSPS) is 15.0. The van der Waals surface area contributed by atoms with E-state index in [2.05, 4.69) is 80.9 Å². The third-order valence-electron chi connectivity index (χ3n) is 18.8. The Labute approximate surface area is 694 Å². The highest BCUT2D eigenvalue weighted by molar-refractivity contribution is 6.01. The molecule has 5 heterocycles. The van der Waals surface area contributed by atoms with E-state index in [-0.39, 0.29) is 85.5 Å². The number of carbonyl (C=O) groups is 8. The average molecular weight is 1660 g/mol. The molecular formula is C84H120N14O21. The predicted molar refractivity (Wildman–Crippen MR) is 455 cm³/mol. The Bertz CT molecular complexity index is 4620. The minimum Gasteiger partial charge on any atom is -0.496 e. The molecule has 5 aromatic carbocycles. The number of fused-ring (bicyclic) bond motifs is 5. The predicted octanol–water partition coefficient (Wildman–Crippen LogP) is 11.2. The number of nitrogens with one attached hydrogen (secondary N) is 5. The summed E-state index contributed by atoms with van der Waals surface area (Å²) in [5, 5.41) is 51.3. The molecule has 0 saturated heterocycles. The summed E-state index contributed by atoms with van der Waals surface area (Å²) in [7, 11) is 23.8. The number of aliphatic carboxylic acids is 2. The third kappa shape index (κ3) is 29.1. The summed E-state index contributed by atoms with van der Waals surface area (Å²) in [6.45, 7) is 17.8. The molecule has 652 valence electrons. The highest BCUT2D eigenvalue weighted by atomic mass is 16.6. The van der Waals surface area contributed by atoms with Gasteiger partial charge in [-0.15, -0.1) is 0 Å². The Morgan fingerprint density at radius 3 is 1.53 bits per heavy atom. The van der Waals surface area contributed by atoms with E-state index in [0.29, 0.717) is 19.0 Å². The van der Waals surface area contributed by atoms with Gasteiger partial charge in [-0.3, -0.25) is 49.0 Å². The van der Waals surface area contributed by atoms with E-state index in [9.17, 15) is 58.6 Å². The number of anilines is 3. The maximum absolute atomic E-state index is 13.1. The van der Waals surface area contributed by atoms with E-state index in [0.717, 1.165) is 82.9 Å². The van der Waals surface area contributed by atoms with Crippen molar-refractivity contribution < 1.29 is 91.6 Å². The molecule has 35 nitrogen and oxygen atoms in total. The second-order valence-corrected chi connectivity index (χ2v) is 31.7. The van der Waals surface area contributed by atoms with Gasteiger partial charge in [0, 0.05) is 139 Å². The van der Waals surface area contributed by atoms with Gasteiger partial charge in [0.1, 0.15) is 52.0 Å². The van der Waals surface area contributed by atoms with Crippen LogP contribution in [-0.4, -0.2) is 258 Å². The molecule has 119 heavy (non-hydrogen) atoms. The lowest BCUT2D eigenvalue weighted by molar-refractivity contribution is -0.394. The number of H-pyrrole nitrogens is 2. The van der Waals surface area contributed by atoms with Crippen LogP contribution < -0.4 is 55.2 Å². The number of carbonyl (C=O) groups excluding carboxylic acids is 6. The minimum absolute atomic E-state index is 0.0347. The van der Waals surface area contributed by atoms with Crippen molar-refractivity contribution in [3.63, 3.8) is 0 Å². The van der Waals surface area contributed by atoms with Gasteiger partial charge < -0.3 is 104 Å². The number of nitro groups is 2. The molecule has 10 rings (SSSR count). The van der Waals surface area contributed by atoms with Gasteiger partial charge in [0.15, 0.2) is 11.6 Å². The van der Waals surface area contributed by atoms with Crippen LogP contribution in [0.4, 0.5) is 38.0 Å². The number of carboxylic acid groups (broad SMARTS) is 2. The van der Waals surface area contributed by atoms with Crippen molar-refractivity contribution in [2.45, 2.75) is 148 Å². The zero-order valence-corrected chi connectivity index (χ0v) is 72.2. The molecule has 0 radical (unpaired) electrons. The molecule has 3 aliphatic heterocycles. The zero-order valence-electron chi connectivity index (χ0n) is 72.2. The van der Waals surface area contributed by atoms with Crippen LogP contribution in [0.25, 0.3) is 21.8 Å². The van der Waals surface area contributed by atoms with Crippen molar-refractivity contribution >= 4 is 97.7 Å². The second-order valence-electron chi connectivity index (χ2n) is 31.7. The van der Waals surface area contributed by atoms with Crippen LogP contribution >= 0.6 is 0 Å². The zero-order chi connectivity index (χ0) is 89.1. The molecule has 4 amide bonds. The smallest absolute Gasteiger partial charge is 0.408 e. The summed E-state index contributed by atoms with van der Waals surface area (Å²) >= 11 is 0. The quantitative estimate of drug-likeness (QED) is 0.0159. The molecule has 9 N–H and O–H groups in total. The molecule has 0 saturated carbocycles. The summed E-state index contributed by atoms with van der Waals surface area (Å²) in [4.78, 5) is 133. The first kappa shape index (κ1) is 97.9. The van der Waals surface area contributed by atoms with Crippen molar-refractivity contribution in [1.82, 2.24) is 40.2 Å². The Morgan fingerprint density at radius 1 is 0.563 bits per heavy atom. The minimum atomic E-state index is -1.27. The molecule has 0 spiro atoms. The molecule has 35 heteroatoms. The van der Waals surface area contributed by atoms with Crippen LogP contribution in [0, 0.1) is 20.2 Å². The summed E-state index contributed by atoms with van der Waals surface area (Å²) in [6, 6.07) is 23.8. The van der Waals surface area contributed by atoms with Crippen LogP contribution in [0.5, 0.6) is 28.7 Å². The lowest BCUT2D eigenvalue weighted by Crippen LogP contribution is -2.43. The van der Waals surface area contributed by atoms with Crippen molar-refractivity contribution in [2.75, 3.05) is 146 Å². The number of hydrogen-bond donors (Lipinski definition) is 8. The number of ketones is 2. The molecule has 0 bridgehead atoms. The van der Waals surface area contributed by atoms with Gasteiger partial charge >= 0.3 is 29.8 Å². The van der Waals surface area contributed by atoms with E-state index in [4.69, 9.17) is 49.1 Å². The van der Waals surface area contributed by atoms with Crippen LogP contribution in [0.2, 0.25) is 0 Å². The number of aromatic nitrogens is 2. The fraction of sp³-hybridized carbons (Fsp3) is 0.500. The monoisotopic (exact) mass is 1660 g/mol. The Morgan fingerprint density at radius 2 is 1.03 bits per heavy atom. The van der Waals surface area contributed by atoms with Crippen LogP contribution in [0.15, 0.2) is 97.3 Å². The third-order valence-corrected chi connectivity index (χ3v) is 18.8. The fourth-order valence-electron chi connectivity index (χ4n) is 13.8. The van der Waals surface area contributed by atoms with E-state index in [1.165, 1.54) is 48.1 Å². The molecular weight excluding hydrogens is 1540 g/mol. The molecule has 2 aromatic heterocycles. The van der Waals surface area contributed by atoms with Crippen LogP contribution in [0.1, 0.15) is 134 Å². The molecule has 7 aromatic rings. The van der Waals surface area contributed by atoms with Gasteiger partial charge in [-0.25, -0.2) is 9.59 Å². The standard InChI is InChI=1S/C23H35N3O5.C17H23N5O8.C12H18N2O.C12H16N2O.C11H19NO5.C9H9NO/c1-15(27)17(24-22(29)31-23(2,3)4)11-12-20(28)26-14-16(13-25(5)6)21-18(26)9-8-10-19(21)30-7;1-19(2)7-9-8-20(13(23)5-4-10(18)17(24)25)15-11(21(26)27)6-12(22(28)29)16(30-3)14(9)15;2*1-14(2)8-9-7-13-10-5-4-6-11(15-3)12(9)10;1-7(13)8(5-6-9(14)15)12-10(16)17-11(2,3)4;1-11-9-4-2-3-8-7(9)5-6-10-8/h8-10,16-17H,11-14H2,1-7H3,(H,24,29);6,9-10H,4-5,7-8,18H2,1-3H3,(H,24,25);4-6,9,13H,7-8H2,1-3H3;4-7,13H,8H2,1-3H3;8H,5-6H2,1-4H3,(H,12,16)(H,14,15);2-6,10H,1H3. The number of nitrogens with two attached hydrogens (primary N) is 1. The van der Waals surface area contributed by atoms with Crippen molar-refractivity contribution in [1.29, 1.82) is 0 Å². The van der Waals surface area contributed by atoms with Crippen molar-refractivity contribution in [2.24, 2.45) is 5.73 Å². The molecule has 3 aliphatic rings. The summed E-state index contributed by atoms with van der Waals surface area (Å²) < 4.78 is 36.9. The van der Waals surface area contributed by atoms with E-state index in [1.807, 2.05) is 93.2 Å². The average Bonchev–Trinajstić information content (AvgIpc) is 1.60. The SMILES string of the molecule is CC(=O)C(CCC(=O)O)NC(=O)OC(C)(C)C.COc1c([N+](=O)[O-])cc([N+](=O)[O-])c2c1C(CN(C)C)CN2C(=O)CCC(N)C(=O)O.COc1cccc2[nH]cc(CN(C)C)c12.COc1cccc2[nH]ccc12.COc1cccc2c1C(CN(C)C)CN2.COc1cccc2c1C(CN(C)C)CN2C(=O)CCC(NC(=O)OC(C)(C)C)C(C)=O. The maximum Gasteiger partial charge on any atom is 0.408 e. The molecule has 0 aliphatic carbocycles. The molecule has 6 unspecified atom stereocenters. The first-order chi connectivity index (χ1) is 55.9. The highest BCUT2D eigenvalue weighted by Gasteiger charge is 2.45. The maximum atomic E-state index is 13.1. The Balaban J connectivity index is 0.000000264. The number of Topliss-reactive ketones (excluding diaryl/α,β-unsaturated/α-hetero) is 2. The number of nitro benzene ring substituents is 2. The van der Waals surface area contributed by atoms with Crippen molar-refractivity contribution in [3.8, 4) is 28.7 Å². The highest BCUT2D eigenvalue weighted by Crippen LogP contribution is 2.52. The number of likely N-dealkylation sites (N-methyl/N-ethyl adjacent to an activating group) is 3. The van der Waals surface area contributed by atoms with Crippen molar-refractivity contribution in [3.05, 3.63) is 140 Å². The second kappa shape index (κ2) is 45.3. The van der Waals surface area contributed by atoms with Crippen LogP contribution in [-0.2, 0) is 44.8 Å². The van der Waals surface area contributed by atoms with Gasteiger partial charge in [-0.2, -0.15) is 0 Å². The topological polar surface area (TPSA) is 441 Å². The van der Waals surface area contributed by atoms with Gasteiger partial charge in [-0.1, -0.05) is 24.3 Å². The van der Waals surface area contributed by atoms with E-state index >= 15 is 0 Å². The van der Waals surface area contributed by atoms with E-state index in [1.54, 1.807) is 93.9 Å². The number of nitrogens with zero attached hydrogens (tertiary/aromatic N) is 8. The molecule has 6 atom stereocenters. The number of carboxylic acids is 2. The van der Waals surface area contributed by atoms with E-state index < -0.39 is 86.5 Å². The Hall–Kier alpha value is -11.7. The summed E-state index contributed by atoms with van der Waals surface area (Å²) in [5.74, 6) is 0.239. The number of aromatic amines is 2. The lowest BCUT2D eigenvalue weighted by Gasteiger charge is -2.23. The number of methoxy groups -OCH3 is 5. The number of rotatable bonds is 29. The molecule has 0 fully saturated rings. The fourth-order valence-corrected chi connectivity index (χ4v) is 13.8. The first-order valence-electron chi connectivity index (χ1n) is 38.6. The lowest BCUT2D eigenvalue weighted by atomic mass is 9.98. The number of amides is 4. The summed E-state index contributed by atoms with van der Waals surface area (Å²) in [6.07, 6.45) is 2.39. The van der Waals surface area contributed by atoms with Gasteiger partial charge in [0.25, 0.3) is 5.69 Å². The number of alkyl carbamates (subject to hydrolysis) is 2. The number of benzene rings is 5. The number of hydrogen-bond acceptors (Lipinski definition) is 25. The largest absolute Gasteiger partial charge is 0.496 e. The summed E-state index contributed by atoms with van der Waals surface area (Å²) in [5.41, 5.74) is 11.1. The Kier molecular flexibility index (Phi) is 37.3. The first-order valence-corrected chi connectivity index (χ1v) is 38.6. The van der Waals surface area contributed by atoms with Gasteiger partial charge in [0.2, 0.25) is 17.6 Å². The van der Waals surface area contributed by atoms with Gasteiger partial charge in [-0.05, 0) is 191 Å². The van der Waals surface area contributed by atoms with Gasteiger partial charge in [0.05, 0.1) is 63.2 Å².